The Bertz CT molecular complexity index is 851. The molecule has 0 radical (unpaired) electrons. The van der Waals surface area contributed by atoms with E-state index in [2.05, 4.69) is 15.5 Å². The Balaban J connectivity index is 1.50. The van der Waals surface area contributed by atoms with Crippen LogP contribution in [0.2, 0.25) is 0 Å². The van der Waals surface area contributed by atoms with Crippen molar-refractivity contribution in [3.05, 3.63) is 71.3 Å². The van der Waals surface area contributed by atoms with Crippen LogP contribution in [0.5, 0.6) is 0 Å². The topological polar surface area (TPSA) is 54.9 Å². The number of hydrogen-bond donors (Lipinski definition) is 1. The largest absolute Gasteiger partial charge is 0.356 e. The third-order valence-corrected chi connectivity index (χ3v) is 5.27. The quantitative estimate of drug-likeness (QED) is 0.488. The summed E-state index contributed by atoms with van der Waals surface area (Å²) in [5.74, 6) is -0.534. The summed E-state index contributed by atoms with van der Waals surface area (Å²) in [5, 5.41) is 11.8. The number of ketones is 1. The predicted molar refractivity (Wildman–Crippen MR) is 95.1 cm³/mol. The van der Waals surface area contributed by atoms with Crippen molar-refractivity contribution in [3.63, 3.8) is 0 Å². The Morgan fingerprint density at radius 2 is 1.64 bits per heavy atom. The molecule has 1 N–H and O–H groups in total. The zero-order chi connectivity index (χ0) is 17.6. The Morgan fingerprint density at radius 1 is 1.00 bits per heavy atom. The number of Topliss-reactive ketones (excluding diaryl/α,β-unsaturated/α-hetero) is 1. The minimum Gasteiger partial charge on any atom is -0.356 e. The van der Waals surface area contributed by atoms with Crippen LogP contribution in [0.3, 0.4) is 0 Å². The van der Waals surface area contributed by atoms with Crippen LogP contribution in [0.15, 0.2) is 52.9 Å². The third-order valence-electron chi connectivity index (χ3n) is 3.26. The van der Waals surface area contributed by atoms with Crippen LogP contribution >= 0.6 is 23.1 Å². The molecule has 0 saturated carbocycles. The number of benzene rings is 2. The van der Waals surface area contributed by atoms with E-state index < -0.39 is 0 Å². The molecule has 3 rings (SSSR count). The number of aromatic nitrogens is 2. The second-order valence-electron chi connectivity index (χ2n) is 5.07. The van der Waals surface area contributed by atoms with Crippen LogP contribution in [0.25, 0.3) is 0 Å². The molecular formula is C17H13F2N3OS2. The maximum Gasteiger partial charge on any atom is 0.206 e. The van der Waals surface area contributed by atoms with Gasteiger partial charge in [-0.2, -0.15) is 0 Å². The van der Waals surface area contributed by atoms with E-state index in [1.54, 1.807) is 12.1 Å². The van der Waals surface area contributed by atoms with Crippen molar-refractivity contribution < 1.29 is 13.6 Å². The molecule has 0 aliphatic carbocycles. The second-order valence-corrected chi connectivity index (χ2v) is 7.27. The highest BCUT2D eigenvalue weighted by molar-refractivity contribution is 8.01. The van der Waals surface area contributed by atoms with Gasteiger partial charge in [-0.25, -0.2) is 8.78 Å². The molecule has 1 heterocycles. The number of anilines is 1. The van der Waals surface area contributed by atoms with Crippen LogP contribution in [-0.4, -0.2) is 21.7 Å². The van der Waals surface area contributed by atoms with Gasteiger partial charge in [0.1, 0.15) is 11.6 Å². The first-order valence-corrected chi connectivity index (χ1v) is 9.14. The van der Waals surface area contributed by atoms with Gasteiger partial charge in [-0.05, 0) is 42.0 Å². The lowest BCUT2D eigenvalue weighted by Gasteiger charge is -2.01. The number of halogens is 2. The summed E-state index contributed by atoms with van der Waals surface area (Å²) in [7, 11) is 0. The summed E-state index contributed by atoms with van der Waals surface area (Å²) < 4.78 is 26.4. The van der Waals surface area contributed by atoms with Crippen LogP contribution in [0.4, 0.5) is 13.9 Å². The smallest absolute Gasteiger partial charge is 0.206 e. The number of carbonyl (C=O) groups is 1. The predicted octanol–water partition coefficient (Wildman–Crippen LogP) is 4.40. The van der Waals surface area contributed by atoms with E-state index >= 15 is 0 Å². The van der Waals surface area contributed by atoms with Crippen LogP contribution < -0.4 is 5.32 Å². The molecule has 2 aromatic carbocycles. The SMILES string of the molecule is O=C(CSc1nnc(NCc2ccc(F)cc2)s1)c1ccc(F)cc1. The lowest BCUT2D eigenvalue weighted by molar-refractivity contribution is 0.102. The van der Waals surface area contributed by atoms with Gasteiger partial charge >= 0.3 is 0 Å². The summed E-state index contributed by atoms with van der Waals surface area (Å²) in [6.07, 6.45) is 0. The van der Waals surface area contributed by atoms with Gasteiger partial charge in [0.25, 0.3) is 0 Å². The number of nitrogens with zero attached hydrogens (tertiary/aromatic N) is 2. The van der Waals surface area contributed by atoms with Crippen molar-refractivity contribution >= 4 is 34.0 Å². The maximum atomic E-state index is 12.9. The van der Waals surface area contributed by atoms with Gasteiger partial charge in [-0.1, -0.05) is 35.2 Å². The molecule has 0 fully saturated rings. The van der Waals surface area contributed by atoms with Crippen molar-refractivity contribution in [2.24, 2.45) is 0 Å². The van der Waals surface area contributed by atoms with E-state index in [4.69, 9.17) is 0 Å². The average molecular weight is 377 g/mol. The molecule has 0 unspecified atom stereocenters. The van der Waals surface area contributed by atoms with Crippen LogP contribution in [0.1, 0.15) is 15.9 Å². The van der Waals surface area contributed by atoms with Crippen molar-refractivity contribution in [2.75, 3.05) is 11.1 Å². The van der Waals surface area contributed by atoms with Crippen molar-refractivity contribution in [1.82, 2.24) is 10.2 Å². The molecule has 1 aromatic heterocycles. The number of thioether (sulfide) groups is 1. The fourth-order valence-corrected chi connectivity index (χ4v) is 3.61. The molecule has 0 bridgehead atoms. The molecule has 25 heavy (non-hydrogen) atoms. The van der Waals surface area contributed by atoms with Gasteiger partial charge in [0, 0.05) is 12.1 Å². The highest BCUT2D eigenvalue weighted by atomic mass is 32.2. The number of nitrogens with one attached hydrogen (secondary N) is 1. The Morgan fingerprint density at radius 3 is 2.32 bits per heavy atom. The van der Waals surface area contributed by atoms with E-state index in [1.807, 2.05) is 0 Å². The molecule has 8 heteroatoms. The zero-order valence-electron chi connectivity index (χ0n) is 12.9. The van der Waals surface area contributed by atoms with Gasteiger partial charge < -0.3 is 5.32 Å². The van der Waals surface area contributed by atoms with Crippen molar-refractivity contribution in [3.8, 4) is 0 Å². The van der Waals surface area contributed by atoms with Gasteiger partial charge in [0.2, 0.25) is 5.13 Å². The third kappa shape index (κ3) is 5.07. The molecular weight excluding hydrogens is 364 g/mol. The Hall–Kier alpha value is -2.32. The summed E-state index contributed by atoms with van der Waals surface area (Å²) in [6.45, 7) is 0.508. The summed E-state index contributed by atoms with van der Waals surface area (Å²) in [5.41, 5.74) is 1.39. The highest BCUT2D eigenvalue weighted by Gasteiger charge is 2.10. The van der Waals surface area contributed by atoms with Crippen molar-refractivity contribution in [1.29, 1.82) is 0 Å². The number of carbonyl (C=O) groups excluding carboxylic acids is 1. The van der Waals surface area contributed by atoms with E-state index in [-0.39, 0.29) is 23.2 Å². The van der Waals surface area contributed by atoms with Gasteiger partial charge in [0.05, 0.1) is 5.75 Å². The molecule has 0 amide bonds. The fraction of sp³-hybridized carbons (Fsp3) is 0.118. The van der Waals surface area contributed by atoms with E-state index in [0.29, 0.717) is 21.6 Å². The van der Waals surface area contributed by atoms with Crippen LogP contribution in [0, 0.1) is 11.6 Å². The Labute approximate surface area is 151 Å². The second kappa shape index (κ2) is 8.17. The molecule has 0 saturated heterocycles. The molecule has 4 nitrogen and oxygen atoms in total. The monoisotopic (exact) mass is 377 g/mol. The lowest BCUT2D eigenvalue weighted by Crippen LogP contribution is -2.01. The van der Waals surface area contributed by atoms with E-state index in [9.17, 15) is 13.6 Å². The summed E-state index contributed by atoms with van der Waals surface area (Å²) in [6, 6.07) is 11.7. The van der Waals surface area contributed by atoms with E-state index in [1.165, 1.54) is 59.5 Å². The summed E-state index contributed by atoms with van der Waals surface area (Å²) in [4.78, 5) is 12.0. The maximum absolute atomic E-state index is 12.9. The first kappa shape index (κ1) is 17.5. The van der Waals surface area contributed by atoms with Gasteiger partial charge in [-0.15, -0.1) is 10.2 Å². The lowest BCUT2D eigenvalue weighted by atomic mass is 10.1. The van der Waals surface area contributed by atoms with Crippen molar-refractivity contribution in [2.45, 2.75) is 10.9 Å². The number of hydrogen-bond acceptors (Lipinski definition) is 6. The minimum atomic E-state index is -0.370. The average Bonchev–Trinajstić information content (AvgIpc) is 3.08. The standard InChI is InChI=1S/C17H13F2N3OS2/c18-13-5-1-11(2-6-13)9-20-16-21-22-17(25-16)24-10-15(23)12-3-7-14(19)8-4-12/h1-8H,9-10H2,(H,20,21). The normalized spacial score (nSPS) is 10.6. The van der Waals surface area contributed by atoms with Crippen LogP contribution in [-0.2, 0) is 6.54 Å². The highest BCUT2D eigenvalue weighted by Crippen LogP contribution is 2.26. The first-order valence-electron chi connectivity index (χ1n) is 7.33. The number of rotatable bonds is 7. The minimum absolute atomic E-state index is 0.0963. The molecule has 0 atom stereocenters. The zero-order valence-corrected chi connectivity index (χ0v) is 14.5. The molecule has 3 aromatic rings. The molecule has 0 aliphatic rings. The summed E-state index contributed by atoms with van der Waals surface area (Å²) >= 11 is 2.62. The van der Waals surface area contributed by atoms with Gasteiger partial charge in [0.15, 0.2) is 10.1 Å². The molecule has 0 spiro atoms. The van der Waals surface area contributed by atoms with E-state index in [0.717, 1.165) is 5.56 Å². The fourth-order valence-electron chi connectivity index (χ4n) is 1.97. The first-order chi connectivity index (χ1) is 12.1. The van der Waals surface area contributed by atoms with Gasteiger partial charge in [-0.3, -0.25) is 4.79 Å². The molecule has 0 aliphatic heterocycles. The Kier molecular flexibility index (Phi) is 5.72. The molecule has 128 valence electrons.